The van der Waals surface area contributed by atoms with Crippen LogP contribution in [0.4, 0.5) is 4.79 Å². The van der Waals surface area contributed by atoms with Crippen LogP contribution >= 0.6 is 11.6 Å². The Balaban J connectivity index is 1.93. The molecule has 28 heavy (non-hydrogen) atoms. The average molecular weight is 401 g/mol. The third-order valence-electron chi connectivity index (χ3n) is 4.79. The molecule has 2 aromatic rings. The summed E-state index contributed by atoms with van der Waals surface area (Å²) in [6.45, 7) is 5.39. The molecule has 0 aromatic heterocycles. The molecule has 1 saturated heterocycles. The molecule has 0 saturated carbocycles. The number of benzene rings is 2. The van der Waals surface area contributed by atoms with E-state index in [4.69, 9.17) is 16.3 Å². The fraction of sp³-hybridized carbons (Fsp3) is 0.286. The molecule has 7 heteroatoms. The third-order valence-corrected chi connectivity index (χ3v) is 5.04. The van der Waals surface area contributed by atoms with E-state index in [1.54, 1.807) is 49.4 Å². The van der Waals surface area contributed by atoms with E-state index in [0.717, 1.165) is 4.90 Å². The van der Waals surface area contributed by atoms with Gasteiger partial charge in [-0.15, -0.1) is 0 Å². The number of hydrogen-bond acceptors (Lipinski definition) is 4. The van der Waals surface area contributed by atoms with Gasteiger partial charge in [-0.1, -0.05) is 23.7 Å². The van der Waals surface area contributed by atoms with Crippen LogP contribution in [0.5, 0.6) is 5.75 Å². The highest BCUT2D eigenvalue weighted by Crippen LogP contribution is 2.32. The minimum absolute atomic E-state index is 0.00427. The van der Waals surface area contributed by atoms with Crippen molar-refractivity contribution in [2.24, 2.45) is 0 Å². The Morgan fingerprint density at radius 1 is 1.18 bits per heavy atom. The molecule has 0 aliphatic carbocycles. The van der Waals surface area contributed by atoms with Gasteiger partial charge in [0.25, 0.3) is 5.91 Å². The van der Waals surface area contributed by atoms with Crippen LogP contribution in [0.25, 0.3) is 0 Å². The van der Waals surface area contributed by atoms with E-state index in [-0.39, 0.29) is 18.2 Å². The summed E-state index contributed by atoms with van der Waals surface area (Å²) < 4.78 is 5.61. The fourth-order valence-electron chi connectivity index (χ4n) is 3.21. The number of carbonyl (C=O) groups is 3. The zero-order valence-electron chi connectivity index (χ0n) is 15.9. The number of hydrogen-bond donors (Lipinski definition) is 1. The van der Waals surface area contributed by atoms with Crippen molar-refractivity contribution in [3.63, 3.8) is 0 Å². The van der Waals surface area contributed by atoms with Crippen LogP contribution < -0.4 is 10.1 Å². The van der Waals surface area contributed by atoms with E-state index in [9.17, 15) is 14.4 Å². The highest BCUT2D eigenvalue weighted by molar-refractivity contribution is 6.30. The summed E-state index contributed by atoms with van der Waals surface area (Å²) in [6.07, 6.45) is 0. The summed E-state index contributed by atoms with van der Waals surface area (Å²) in [4.78, 5) is 38.6. The summed E-state index contributed by atoms with van der Waals surface area (Å²) in [5.74, 6) is 0.0520. The van der Waals surface area contributed by atoms with Gasteiger partial charge in [-0.3, -0.25) is 14.5 Å². The van der Waals surface area contributed by atoms with Gasteiger partial charge in [0.2, 0.25) is 0 Å². The Hall–Kier alpha value is -2.86. The van der Waals surface area contributed by atoms with Crippen LogP contribution in [0.15, 0.2) is 42.5 Å². The maximum Gasteiger partial charge on any atom is 0.325 e. The van der Waals surface area contributed by atoms with E-state index >= 15 is 0 Å². The van der Waals surface area contributed by atoms with Gasteiger partial charge in [-0.2, -0.15) is 0 Å². The second kappa shape index (κ2) is 7.64. The first-order valence-corrected chi connectivity index (χ1v) is 9.31. The predicted octanol–water partition coefficient (Wildman–Crippen LogP) is 3.91. The fourth-order valence-corrected chi connectivity index (χ4v) is 3.33. The number of imide groups is 1. The highest BCUT2D eigenvalue weighted by atomic mass is 35.5. The maximum absolute atomic E-state index is 13.1. The zero-order chi connectivity index (χ0) is 20.5. The molecular weight excluding hydrogens is 380 g/mol. The number of urea groups is 1. The van der Waals surface area contributed by atoms with Crippen LogP contribution in [-0.4, -0.2) is 29.2 Å². The van der Waals surface area contributed by atoms with Gasteiger partial charge in [0.05, 0.1) is 13.2 Å². The summed E-state index contributed by atoms with van der Waals surface area (Å²) in [5.41, 5.74) is 0.538. The molecule has 0 spiro atoms. The minimum Gasteiger partial charge on any atom is -0.494 e. The molecule has 1 aliphatic heterocycles. The molecule has 1 atom stereocenters. The van der Waals surface area contributed by atoms with Gasteiger partial charge in [0, 0.05) is 16.1 Å². The first-order chi connectivity index (χ1) is 13.3. The predicted molar refractivity (Wildman–Crippen MR) is 106 cm³/mol. The third kappa shape index (κ3) is 3.60. The number of Topliss-reactive ketones (excluding diaryl/α,β-unsaturated/α-hetero) is 1. The first-order valence-electron chi connectivity index (χ1n) is 8.93. The zero-order valence-corrected chi connectivity index (χ0v) is 16.7. The Bertz CT molecular complexity index is 942. The smallest absolute Gasteiger partial charge is 0.325 e. The molecule has 1 unspecified atom stereocenters. The lowest BCUT2D eigenvalue weighted by Gasteiger charge is -2.22. The maximum atomic E-state index is 13.1. The largest absolute Gasteiger partial charge is 0.494 e. The molecular formula is C21H21ClN2O4. The molecule has 6 nitrogen and oxygen atoms in total. The molecule has 146 valence electrons. The van der Waals surface area contributed by atoms with Crippen LogP contribution in [0.1, 0.15) is 42.3 Å². The summed E-state index contributed by atoms with van der Waals surface area (Å²) >= 11 is 5.93. The number of ether oxygens (including phenoxy) is 1. The van der Waals surface area contributed by atoms with E-state index in [0.29, 0.717) is 34.1 Å². The molecule has 0 radical (unpaired) electrons. The monoisotopic (exact) mass is 400 g/mol. The quantitative estimate of drug-likeness (QED) is 0.589. The SMILES string of the molecule is CCOc1ccc(C(C)=O)cc1CN1C(=O)NC(C)(c2ccc(Cl)cc2)C1=O. The molecule has 1 N–H and O–H groups in total. The number of halogens is 1. The summed E-state index contributed by atoms with van der Waals surface area (Å²) in [6, 6.07) is 11.3. The van der Waals surface area contributed by atoms with Crippen molar-refractivity contribution >= 4 is 29.3 Å². The number of carbonyl (C=O) groups excluding carboxylic acids is 3. The van der Waals surface area contributed by atoms with Crippen molar-refractivity contribution in [1.29, 1.82) is 0 Å². The van der Waals surface area contributed by atoms with Gasteiger partial charge >= 0.3 is 6.03 Å². The number of nitrogens with zero attached hydrogens (tertiary/aromatic N) is 1. The van der Waals surface area contributed by atoms with Gasteiger partial charge in [-0.25, -0.2) is 4.79 Å². The van der Waals surface area contributed by atoms with Gasteiger partial charge in [0.15, 0.2) is 5.78 Å². The first kappa shape index (κ1) is 19.9. The molecule has 1 aliphatic rings. The average Bonchev–Trinajstić information content (AvgIpc) is 2.87. The van der Waals surface area contributed by atoms with Gasteiger partial charge in [-0.05, 0) is 56.7 Å². The number of ketones is 1. The Kier molecular flexibility index (Phi) is 5.42. The van der Waals surface area contributed by atoms with Crippen LogP contribution in [-0.2, 0) is 16.9 Å². The van der Waals surface area contributed by atoms with E-state index in [1.165, 1.54) is 6.92 Å². The number of rotatable bonds is 6. The summed E-state index contributed by atoms with van der Waals surface area (Å²) in [7, 11) is 0. The van der Waals surface area contributed by atoms with Crippen molar-refractivity contribution < 1.29 is 19.1 Å². The molecule has 1 heterocycles. The molecule has 3 amide bonds. The van der Waals surface area contributed by atoms with E-state index in [1.807, 2.05) is 6.92 Å². The lowest BCUT2D eigenvalue weighted by molar-refractivity contribution is -0.131. The molecule has 1 fully saturated rings. The standard InChI is InChI=1S/C21H21ClN2O4/c1-4-28-18-10-5-14(13(2)25)11-15(18)12-24-19(26)21(3,23-20(24)27)16-6-8-17(22)9-7-16/h5-11H,4,12H2,1-3H3,(H,23,27). The Labute approximate surface area is 168 Å². The Morgan fingerprint density at radius 2 is 1.86 bits per heavy atom. The Morgan fingerprint density at radius 3 is 2.46 bits per heavy atom. The van der Waals surface area contributed by atoms with Crippen molar-refractivity contribution in [1.82, 2.24) is 10.2 Å². The second-order valence-corrected chi connectivity index (χ2v) is 7.20. The summed E-state index contributed by atoms with van der Waals surface area (Å²) in [5, 5.41) is 3.31. The van der Waals surface area contributed by atoms with E-state index in [2.05, 4.69) is 5.32 Å². The van der Waals surface area contributed by atoms with Crippen molar-refractivity contribution in [2.45, 2.75) is 32.9 Å². The minimum atomic E-state index is -1.19. The van der Waals surface area contributed by atoms with Gasteiger partial charge in [0.1, 0.15) is 11.3 Å². The topological polar surface area (TPSA) is 75.7 Å². The second-order valence-electron chi connectivity index (χ2n) is 6.77. The van der Waals surface area contributed by atoms with Crippen LogP contribution in [0.3, 0.4) is 0 Å². The van der Waals surface area contributed by atoms with Crippen molar-refractivity contribution in [3.05, 3.63) is 64.2 Å². The lowest BCUT2D eigenvalue weighted by Crippen LogP contribution is -2.40. The van der Waals surface area contributed by atoms with Crippen LogP contribution in [0, 0.1) is 0 Å². The van der Waals surface area contributed by atoms with Crippen LogP contribution in [0.2, 0.25) is 5.02 Å². The number of nitrogens with one attached hydrogen (secondary N) is 1. The molecule has 0 bridgehead atoms. The van der Waals surface area contributed by atoms with Crippen molar-refractivity contribution in [3.8, 4) is 5.75 Å². The molecule has 2 aromatic carbocycles. The number of amides is 3. The highest BCUT2D eigenvalue weighted by Gasteiger charge is 2.49. The normalized spacial score (nSPS) is 18.9. The molecule has 3 rings (SSSR count). The lowest BCUT2D eigenvalue weighted by atomic mass is 9.92. The van der Waals surface area contributed by atoms with E-state index < -0.39 is 11.6 Å². The van der Waals surface area contributed by atoms with Gasteiger partial charge < -0.3 is 10.1 Å². The van der Waals surface area contributed by atoms with Crippen molar-refractivity contribution in [2.75, 3.05) is 6.61 Å².